The van der Waals surface area contributed by atoms with Gasteiger partial charge in [0.25, 0.3) is 11.8 Å². The van der Waals surface area contributed by atoms with Crippen LogP contribution in [0.5, 0.6) is 17.2 Å². The first-order chi connectivity index (χ1) is 21.0. The summed E-state index contributed by atoms with van der Waals surface area (Å²) in [4.78, 5) is 31.7. The molecule has 3 aromatic carbocycles. The number of benzene rings is 3. The Bertz CT molecular complexity index is 1530. The van der Waals surface area contributed by atoms with Crippen LogP contribution in [0.3, 0.4) is 0 Å². The molecule has 3 heterocycles. The molecular formula is C32H33ClN4O6. The molecule has 3 aliphatic rings. The molecule has 224 valence electrons. The van der Waals surface area contributed by atoms with Crippen LogP contribution < -0.4 is 14.2 Å². The number of fused-ring (bicyclic) bond motifs is 1. The smallest absolute Gasteiger partial charge is 0.262 e. The number of methoxy groups -OCH3 is 1. The van der Waals surface area contributed by atoms with Gasteiger partial charge >= 0.3 is 0 Å². The highest BCUT2D eigenvalue weighted by Gasteiger charge is 2.36. The lowest BCUT2D eigenvalue weighted by Crippen LogP contribution is -2.46. The van der Waals surface area contributed by atoms with E-state index >= 15 is 0 Å². The second kappa shape index (κ2) is 13.0. The van der Waals surface area contributed by atoms with Crippen molar-refractivity contribution in [3.8, 4) is 17.2 Å². The Labute approximate surface area is 255 Å². The molecule has 0 aromatic heterocycles. The van der Waals surface area contributed by atoms with Gasteiger partial charge in [-0.3, -0.25) is 14.5 Å². The number of nitrogens with zero attached hydrogens (tertiary/aromatic N) is 4. The first-order valence-corrected chi connectivity index (χ1v) is 14.7. The van der Waals surface area contributed by atoms with Crippen LogP contribution in [0.2, 0.25) is 5.02 Å². The quantitative estimate of drug-likeness (QED) is 0.361. The summed E-state index contributed by atoms with van der Waals surface area (Å²) in [6, 6.07) is 19.8. The van der Waals surface area contributed by atoms with E-state index in [0.717, 1.165) is 29.9 Å². The average Bonchev–Trinajstić information content (AvgIpc) is 3.71. The zero-order valence-corrected chi connectivity index (χ0v) is 24.7. The second-order valence-electron chi connectivity index (χ2n) is 10.5. The summed E-state index contributed by atoms with van der Waals surface area (Å²) in [6.45, 7) is 3.78. The SMILES string of the molecule is COc1cccc(C2=NN(C(=O)CN(CCN3CCOCC3)C(=O)c3ccccc3Cl)C(c3ccc4c(c3)OCO4)C2)c1. The molecule has 3 aliphatic heterocycles. The first kappa shape index (κ1) is 29.0. The minimum Gasteiger partial charge on any atom is -0.497 e. The van der Waals surface area contributed by atoms with Gasteiger partial charge in [-0.1, -0.05) is 41.9 Å². The number of amides is 2. The van der Waals surface area contributed by atoms with Crippen molar-refractivity contribution in [2.45, 2.75) is 12.5 Å². The minimum atomic E-state index is -0.403. The van der Waals surface area contributed by atoms with Crippen LogP contribution in [0, 0.1) is 0 Å². The van der Waals surface area contributed by atoms with Crippen molar-refractivity contribution in [3.05, 3.63) is 88.4 Å². The molecule has 2 amide bonds. The molecule has 0 saturated carbocycles. The monoisotopic (exact) mass is 604 g/mol. The van der Waals surface area contributed by atoms with E-state index in [1.165, 1.54) is 5.01 Å². The van der Waals surface area contributed by atoms with E-state index in [0.29, 0.717) is 60.6 Å². The van der Waals surface area contributed by atoms with Crippen LogP contribution >= 0.6 is 11.6 Å². The van der Waals surface area contributed by atoms with E-state index in [9.17, 15) is 9.59 Å². The third kappa shape index (κ3) is 6.46. The molecule has 10 nitrogen and oxygen atoms in total. The van der Waals surface area contributed by atoms with E-state index in [1.807, 2.05) is 42.5 Å². The molecule has 6 rings (SSSR count). The summed E-state index contributed by atoms with van der Waals surface area (Å²) >= 11 is 6.41. The molecule has 0 radical (unpaired) electrons. The predicted molar refractivity (Wildman–Crippen MR) is 161 cm³/mol. The van der Waals surface area contributed by atoms with Crippen molar-refractivity contribution < 1.29 is 28.5 Å². The fourth-order valence-electron chi connectivity index (χ4n) is 5.48. The Morgan fingerprint density at radius 3 is 2.65 bits per heavy atom. The third-order valence-corrected chi connectivity index (χ3v) is 8.19. The molecule has 0 N–H and O–H groups in total. The summed E-state index contributed by atoms with van der Waals surface area (Å²) in [5.74, 6) is 1.38. The molecule has 1 fully saturated rings. The van der Waals surface area contributed by atoms with Crippen LogP contribution in [0.15, 0.2) is 71.8 Å². The number of hydrogen-bond donors (Lipinski definition) is 0. The van der Waals surface area contributed by atoms with Gasteiger partial charge in [-0.15, -0.1) is 0 Å². The fraction of sp³-hybridized carbons (Fsp3) is 0.344. The summed E-state index contributed by atoms with van der Waals surface area (Å²) in [7, 11) is 1.61. The van der Waals surface area contributed by atoms with E-state index < -0.39 is 6.04 Å². The summed E-state index contributed by atoms with van der Waals surface area (Å²) < 4.78 is 22.0. The van der Waals surface area contributed by atoms with Crippen LogP contribution in [-0.4, -0.2) is 92.2 Å². The highest BCUT2D eigenvalue weighted by atomic mass is 35.5. The molecular weight excluding hydrogens is 572 g/mol. The molecule has 3 aromatic rings. The average molecular weight is 605 g/mol. The summed E-state index contributed by atoms with van der Waals surface area (Å²) in [5, 5.41) is 6.66. The van der Waals surface area contributed by atoms with Crippen LogP contribution in [-0.2, 0) is 9.53 Å². The Balaban J connectivity index is 1.29. The second-order valence-corrected chi connectivity index (χ2v) is 10.9. The van der Waals surface area contributed by atoms with E-state index in [1.54, 1.807) is 36.3 Å². The van der Waals surface area contributed by atoms with Crippen LogP contribution in [0.25, 0.3) is 0 Å². The number of morpholine rings is 1. The molecule has 1 unspecified atom stereocenters. The molecule has 0 aliphatic carbocycles. The number of hydrogen-bond acceptors (Lipinski definition) is 8. The molecule has 0 spiro atoms. The Hall–Kier alpha value is -4.12. The first-order valence-electron chi connectivity index (χ1n) is 14.3. The lowest BCUT2D eigenvalue weighted by Gasteiger charge is -2.31. The zero-order chi connectivity index (χ0) is 29.8. The normalized spacial score (nSPS) is 18.0. The van der Waals surface area contributed by atoms with Gasteiger partial charge in [0.15, 0.2) is 11.5 Å². The Kier molecular flexibility index (Phi) is 8.78. The number of hydrazone groups is 1. The maximum atomic E-state index is 14.1. The number of carbonyl (C=O) groups excluding carboxylic acids is 2. The maximum Gasteiger partial charge on any atom is 0.262 e. The number of halogens is 1. The lowest BCUT2D eigenvalue weighted by molar-refractivity contribution is -0.133. The van der Waals surface area contributed by atoms with Gasteiger partial charge in [0.2, 0.25) is 6.79 Å². The van der Waals surface area contributed by atoms with Crippen molar-refractivity contribution in [1.29, 1.82) is 0 Å². The minimum absolute atomic E-state index is 0.153. The van der Waals surface area contributed by atoms with Crippen LogP contribution in [0.1, 0.15) is 33.9 Å². The highest BCUT2D eigenvalue weighted by molar-refractivity contribution is 6.33. The standard InChI is InChI=1S/C32H33ClN4O6/c1-40-24-6-4-5-22(17-24)27-19-28(23-9-10-29-30(18-23)43-21-42-29)37(34-27)31(38)20-36(12-11-35-13-15-41-16-14-35)32(39)25-7-2-3-8-26(25)33/h2-10,17-18,28H,11-16,19-21H2,1H3. The molecule has 1 saturated heterocycles. The van der Waals surface area contributed by atoms with Crippen molar-refractivity contribution >= 4 is 29.1 Å². The highest BCUT2D eigenvalue weighted by Crippen LogP contribution is 2.39. The van der Waals surface area contributed by atoms with Gasteiger partial charge < -0.3 is 23.8 Å². The van der Waals surface area contributed by atoms with Crippen molar-refractivity contribution in [2.75, 3.05) is 59.8 Å². The van der Waals surface area contributed by atoms with Gasteiger partial charge in [0.05, 0.1) is 42.7 Å². The van der Waals surface area contributed by atoms with E-state index in [2.05, 4.69) is 4.90 Å². The Morgan fingerprint density at radius 1 is 1.02 bits per heavy atom. The van der Waals surface area contributed by atoms with Crippen molar-refractivity contribution in [2.24, 2.45) is 5.10 Å². The molecule has 43 heavy (non-hydrogen) atoms. The number of rotatable bonds is 9. The topological polar surface area (TPSA) is 93.1 Å². The number of carbonyl (C=O) groups is 2. The number of ether oxygens (including phenoxy) is 4. The largest absolute Gasteiger partial charge is 0.497 e. The van der Waals surface area contributed by atoms with Gasteiger partial charge in [-0.05, 0) is 42.0 Å². The Morgan fingerprint density at radius 2 is 1.84 bits per heavy atom. The van der Waals surface area contributed by atoms with Crippen molar-refractivity contribution in [3.63, 3.8) is 0 Å². The predicted octanol–water partition coefficient (Wildman–Crippen LogP) is 4.23. The summed E-state index contributed by atoms with van der Waals surface area (Å²) in [6.07, 6.45) is 0.477. The van der Waals surface area contributed by atoms with Gasteiger partial charge in [-0.2, -0.15) is 5.10 Å². The van der Waals surface area contributed by atoms with E-state index in [-0.39, 0.29) is 25.2 Å². The van der Waals surface area contributed by atoms with E-state index in [4.69, 9.17) is 35.6 Å². The van der Waals surface area contributed by atoms with Crippen LogP contribution in [0.4, 0.5) is 0 Å². The van der Waals surface area contributed by atoms with Gasteiger partial charge in [0.1, 0.15) is 12.3 Å². The van der Waals surface area contributed by atoms with Crippen molar-refractivity contribution in [1.82, 2.24) is 14.8 Å². The third-order valence-electron chi connectivity index (χ3n) is 7.86. The fourth-order valence-corrected chi connectivity index (χ4v) is 5.69. The lowest BCUT2D eigenvalue weighted by atomic mass is 9.98. The molecule has 0 bridgehead atoms. The summed E-state index contributed by atoms with van der Waals surface area (Å²) in [5.41, 5.74) is 2.81. The van der Waals surface area contributed by atoms with Gasteiger partial charge in [-0.25, -0.2) is 5.01 Å². The maximum absolute atomic E-state index is 14.1. The molecule has 1 atom stereocenters. The molecule has 11 heteroatoms. The zero-order valence-electron chi connectivity index (χ0n) is 23.9. The van der Waals surface area contributed by atoms with Gasteiger partial charge in [0, 0.05) is 38.2 Å².